The lowest BCUT2D eigenvalue weighted by molar-refractivity contribution is 0.0716. The number of amides is 2. The summed E-state index contributed by atoms with van der Waals surface area (Å²) >= 11 is 6.06. The molecule has 2 amide bonds. The molecular weight excluding hydrogens is 396 g/mol. The van der Waals surface area contributed by atoms with Crippen LogP contribution in [0.3, 0.4) is 0 Å². The molecule has 0 saturated carbocycles. The van der Waals surface area contributed by atoms with Gasteiger partial charge in [0.2, 0.25) is 6.79 Å². The quantitative estimate of drug-likeness (QED) is 0.769. The highest BCUT2D eigenvalue weighted by molar-refractivity contribution is 6.31. The molecule has 4 rings (SSSR count). The predicted molar refractivity (Wildman–Crippen MR) is 107 cm³/mol. The maximum Gasteiger partial charge on any atom is 0.257 e. The third-order valence-electron chi connectivity index (χ3n) is 5.08. The van der Waals surface area contributed by atoms with Crippen molar-refractivity contribution < 1.29 is 23.8 Å². The van der Waals surface area contributed by atoms with E-state index >= 15 is 0 Å². The minimum atomic E-state index is -0.151. The van der Waals surface area contributed by atoms with Gasteiger partial charge in [-0.25, -0.2) is 0 Å². The van der Waals surface area contributed by atoms with Crippen LogP contribution in [0.15, 0.2) is 36.4 Å². The van der Waals surface area contributed by atoms with Crippen molar-refractivity contribution in [1.29, 1.82) is 0 Å². The van der Waals surface area contributed by atoms with Crippen LogP contribution in [0.1, 0.15) is 27.1 Å². The molecule has 2 aromatic carbocycles. The van der Waals surface area contributed by atoms with Gasteiger partial charge in [-0.3, -0.25) is 9.59 Å². The maximum absolute atomic E-state index is 13.0. The van der Waals surface area contributed by atoms with E-state index < -0.39 is 0 Å². The zero-order valence-corrected chi connectivity index (χ0v) is 16.8. The number of benzene rings is 2. The van der Waals surface area contributed by atoms with Crippen molar-refractivity contribution in [3.8, 4) is 17.2 Å². The molecule has 1 fully saturated rings. The second-order valence-electron chi connectivity index (χ2n) is 6.85. The Hall–Kier alpha value is -2.93. The number of rotatable bonds is 3. The van der Waals surface area contributed by atoms with E-state index in [1.807, 2.05) is 0 Å². The van der Waals surface area contributed by atoms with E-state index in [1.165, 1.54) is 7.11 Å². The zero-order valence-electron chi connectivity index (χ0n) is 16.0. The van der Waals surface area contributed by atoms with Crippen LogP contribution < -0.4 is 14.2 Å². The van der Waals surface area contributed by atoms with Gasteiger partial charge in [0.1, 0.15) is 5.75 Å². The van der Waals surface area contributed by atoms with Gasteiger partial charge in [-0.2, -0.15) is 0 Å². The molecule has 0 N–H and O–H groups in total. The Bertz CT molecular complexity index is 949. The molecular formula is C21H21ClN2O5. The molecule has 2 aromatic rings. The maximum atomic E-state index is 13.0. The Balaban J connectivity index is 1.46. The minimum absolute atomic E-state index is 0.0852. The van der Waals surface area contributed by atoms with Crippen molar-refractivity contribution in [2.45, 2.75) is 6.42 Å². The second-order valence-corrected chi connectivity index (χ2v) is 7.29. The summed E-state index contributed by atoms with van der Waals surface area (Å²) in [6.07, 6.45) is 0.685. The van der Waals surface area contributed by atoms with Crippen molar-refractivity contribution in [3.05, 3.63) is 52.5 Å². The Labute approximate surface area is 173 Å². The number of carbonyl (C=O) groups excluding carboxylic acids is 2. The third kappa shape index (κ3) is 3.96. The van der Waals surface area contributed by atoms with Gasteiger partial charge in [0.25, 0.3) is 11.8 Å². The summed E-state index contributed by atoms with van der Waals surface area (Å²) in [4.78, 5) is 29.4. The van der Waals surface area contributed by atoms with Crippen LogP contribution in [-0.2, 0) is 0 Å². The number of hydrogen-bond acceptors (Lipinski definition) is 5. The smallest absolute Gasteiger partial charge is 0.257 e. The number of halogens is 1. The van der Waals surface area contributed by atoms with Gasteiger partial charge in [-0.05, 0) is 42.8 Å². The minimum Gasteiger partial charge on any atom is -0.496 e. The number of methoxy groups -OCH3 is 1. The first-order chi connectivity index (χ1) is 14.1. The van der Waals surface area contributed by atoms with E-state index in [9.17, 15) is 9.59 Å². The van der Waals surface area contributed by atoms with Crippen LogP contribution in [0, 0.1) is 0 Å². The highest BCUT2D eigenvalue weighted by Crippen LogP contribution is 2.33. The standard InChI is InChI=1S/C21H21ClN2O5/c1-27-17-6-4-15(22)12-16(17)21(26)24-8-2-7-23(9-10-24)20(25)14-3-5-18-19(11-14)29-13-28-18/h3-6,11-12H,2,7-10,13H2,1H3. The summed E-state index contributed by atoms with van der Waals surface area (Å²) in [6, 6.07) is 10.2. The molecule has 29 heavy (non-hydrogen) atoms. The number of ether oxygens (including phenoxy) is 3. The lowest BCUT2D eigenvalue weighted by atomic mass is 10.1. The van der Waals surface area contributed by atoms with Gasteiger partial charge in [-0.1, -0.05) is 11.6 Å². The zero-order chi connectivity index (χ0) is 20.4. The van der Waals surface area contributed by atoms with Crippen molar-refractivity contribution in [1.82, 2.24) is 9.80 Å². The molecule has 0 atom stereocenters. The summed E-state index contributed by atoms with van der Waals surface area (Å²) in [5, 5.41) is 0.476. The Morgan fingerprint density at radius 2 is 1.66 bits per heavy atom. The molecule has 152 valence electrons. The molecule has 7 nitrogen and oxygen atoms in total. The summed E-state index contributed by atoms with van der Waals surface area (Å²) < 4.78 is 16.0. The average Bonchev–Trinajstić information content (AvgIpc) is 3.07. The summed E-state index contributed by atoms with van der Waals surface area (Å²) in [6.45, 7) is 2.18. The fourth-order valence-corrected chi connectivity index (χ4v) is 3.73. The molecule has 2 aliphatic heterocycles. The molecule has 0 radical (unpaired) electrons. The van der Waals surface area contributed by atoms with Crippen LogP contribution in [-0.4, -0.2) is 61.7 Å². The van der Waals surface area contributed by atoms with E-state index in [-0.39, 0.29) is 18.6 Å². The van der Waals surface area contributed by atoms with Crippen molar-refractivity contribution in [2.75, 3.05) is 40.1 Å². The highest BCUT2D eigenvalue weighted by Gasteiger charge is 2.26. The molecule has 2 heterocycles. The van der Waals surface area contributed by atoms with E-state index in [0.29, 0.717) is 66.0 Å². The van der Waals surface area contributed by atoms with E-state index in [0.717, 1.165) is 0 Å². The number of carbonyl (C=O) groups is 2. The van der Waals surface area contributed by atoms with Gasteiger partial charge < -0.3 is 24.0 Å². The fourth-order valence-electron chi connectivity index (χ4n) is 3.55. The Morgan fingerprint density at radius 1 is 0.931 bits per heavy atom. The summed E-state index contributed by atoms with van der Waals surface area (Å²) in [5.74, 6) is 1.47. The summed E-state index contributed by atoms with van der Waals surface area (Å²) in [5.41, 5.74) is 0.973. The molecule has 0 aliphatic carbocycles. The monoisotopic (exact) mass is 416 g/mol. The normalized spacial score (nSPS) is 15.8. The molecule has 0 aromatic heterocycles. The van der Waals surface area contributed by atoms with Gasteiger partial charge >= 0.3 is 0 Å². The third-order valence-corrected chi connectivity index (χ3v) is 5.32. The first kappa shape index (κ1) is 19.4. The van der Waals surface area contributed by atoms with Crippen LogP contribution >= 0.6 is 11.6 Å². The lowest BCUT2D eigenvalue weighted by Gasteiger charge is -2.23. The fraction of sp³-hybridized carbons (Fsp3) is 0.333. The van der Waals surface area contributed by atoms with Gasteiger partial charge in [-0.15, -0.1) is 0 Å². The Morgan fingerprint density at radius 3 is 2.41 bits per heavy atom. The van der Waals surface area contributed by atoms with Crippen molar-refractivity contribution in [3.63, 3.8) is 0 Å². The molecule has 0 bridgehead atoms. The Kier molecular flexibility index (Phi) is 5.49. The lowest BCUT2D eigenvalue weighted by Crippen LogP contribution is -2.37. The van der Waals surface area contributed by atoms with Gasteiger partial charge in [0.15, 0.2) is 11.5 Å². The largest absolute Gasteiger partial charge is 0.496 e. The highest BCUT2D eigenvalue weighted by atomic mass is 35.5. The molecule has 1 saturated heterocycles. The SMILES string of the molecule is COc1ccc(Cl)cc1C(=O)N1CCCN(C(=O)c2ccc3c(c2)OCO3)CC1. The average molecular weight is 417 g/mol. The number of nitrogens with zero attached hydrogens (tertiary/aromatic N) is 2. The van der Waals surface area contributed by atoms with Crippen LogP contribution in [0.5, 0.6) is 17.2 Å². The van der Waals surface area contributed by atoms with Crippen molar-refractivity contribution >= 4 is 23.4 Å². The first-order valence-corrected chi connectivity index (χ1v) is 9.76. The van der Waals surface area contributed by atoms with Gasteiger partial charge in [0.05, 0.1) is 12.7 Å². The number of hydrogen-bond donors (Lipinski definition) is 0. The van der Waals surface area contributed by atoms with Crippen molar-refractivity contribution in [2.24, 2.45) is 0 Å². The molecule has 2 aliphatic rings. The number of fused-ring (bicyclic) bond motifs is 1. The molecule has 0 spiro atoms. The van der Waals surface area contributed by atoms with Gasteiger partial charge in [0, 0.05) is 36.8 Å². The van der Waals surface area contributed by atoms with Crippen LogP contribution in [0.25, 0.3) is 0 Å². The topological polar surface area (TPSA) is 68.3 Å². The van der Waals surface area contributed by atoms with E-state index in [4.69, 9.17) is 25.8 Å². The summed E-state index contributed by atoms with van der Waals surface area (Å²) in [7, 11) is 1.52. The second kappa shape index (κ2) is 8.21. The van der Waals surface area contributed by atoms with E-state index in [1.54, 1.807) is 46.2 Å². The first-order valence-electron chi connectivity index (χ1n) is 9.38. The van der Waals surface area contributed by atoms with E-state index in [2.05, 4.69) is 0 Å². The van der Waals surface area contributed by atoms with Crippen LogP contribution in [0.4, 0.5) is 0 Å². The molecule has 8 heteroatoms. The molecule has 0 unspecified atom stereocenters. The predicted octanol–water partition coefficient (Wildman–Crippen LogP) is 3.07. The van der Waals surface area contributed by atoms with Crippen LogP contribution in [0.2, 0.25) is 5.02 Å².